The maximum Gasteiger partial charge on any atom is 0.307 e. The molecule has 0 atom stereocenters. The molecule has 2 aromatic carbocycles. The minimum Gasteiger partial charge on any atom is -0.481 e. The number of fused-ring (bicyclic) bond motifs is 1. The van der Waals surface area contributed by atoms with Gasteiger partial charge in [0, 0.05) is 33.5 Å². The number of carboxylic acids is 1. The number of furan rings is 1. The smallest absolute Gasteiger partial charge is 0.307 e. The van der Waals surface area contributed by atoms with Crippen LogP contribution in [0.15, 0.2) is 40.8 Å². The Balaban J connectivity index is 1.56. The van der Waals surface area contributed by atoms with E-state index < -0.39 is 23.5 Å². The van der Waals surface area contributed by atoms with E-state index in [4.69, 9.17) is 9.52 Å². The van der Waals surface area contributed by atoms with Gasteiger partial charge >= 0.3 is 5.97 Å². The van der Waals surface area contributed by atoms with Gasteiger partial charge < -0.3 is 14.8 Å². The highest BCUT2D eigenvalue weighted by atomic mass is 19.1. The molecule has 0 fully saturated rings. The van der Waals surface area contributed by atoms with Crippen LogP contribution >= 0.6 is 0 Å². The Labute approximate surface area is 194 Å². The molecule has 2 heterocycles. The van der Waals surface area contributed by atoms with Crippen molar-refractivity contribution in [3.63, 3.8) is 0 Å². The topological polar surface area (TPSA) is 97.4 Å². The van der Waals surface area contributed by atoms with Crippen molar-refractivity contribution in [3.8, 4) is 0 Å². The molecule has 2 N–H and O–H groups in total. The number of halogens is 2. The molecular formula is C25H23F2N3O4. The second kappa shape index (κ2) is 9.09. The summed E-state index contributed by atoms with van der Waals surface area (Å²) in [5, 5.41) is 16.5. The lowest BCUT2D eigenvalue weighted by Gasteiger charge is -2.09. The van der Waals surface area contributed by atoms with Crippen molar-refractivity contribution in [2.24, 2.45) is 0 Å². The second-order valence-electron chi connectivity index (χ2n) is 8.02. The summed E-state index contributed by atoms with van der Waals surface area (Å²) >= 11 is 0. The van der Waals surface area contributed by atoms with Gasteiger partial charge in [0.05, 0.1) is 18.7 Å². The summed E-state index contributed by atoms with van der Waals surface area (Å²) in [7, 11) is 0. The Bertz CT molecular complexity index is 1420. The van der Waals surface area contributed by atoms with Gasteiger partial charge in [-0.3, -0.25) is 14.3 Å². The van der Waals surface area contributed by atoms with E-state index in [1.54, 1.807) is 36.7 Å². The van der Waals surface area contributed by atoms with E-state index >= 15 is 0 Å². The van der Waals surface area contributed by atoms with Crippen LogP contribution in [-0.4, -0.2) is 26.8 Å². The number of nitrogens with one attached hydrogen (secondary N) is 1. The number of aryl methyl sites for hydroxylation is 2. The summed E-state index contributed by atoms with van der Waals surface area (Å²) in [5.74, 6) is -2.69. The van der Waals surface area contributed by atoms with Gasteiger partial charge in [-0.2, -0.15) is 5.10 Å². The Morgan fingerprint density at radius 3 is 2.56 bits per heavy atom. The lowest BCUT2D eigenvalue weighted by molar-refractivity contribution is -0.136. The summed E-state index contributed by atoms with van der Waals surface area (Å²) in [6, 6.07) is 8.76. The SMILES string of the molecule is CCc1c(C(=O)Nc2ccc(Cn3nc(C)c(CC(=O)O)c3C)c(F)c2)oc2c(F)cccc12. The third-order valence-corrected chi connectivity index (χ3v) is 5.82. The van der Waals surface area contributed by atoms with Crippen LogP contribution in [0.5, 0.6) is 0 Å². The lowest BCUT2D eigenvalue weighted by Crippen LogP contribution is -2.13. The molecule has 0 saturated carbocycles. The molecule has 7 nitrogen and oxygen atoms in total. The molecule has 0 saturated heterocycles. The number of hydrogen-bond donors (Lipinski definition) is 2. The molecule has 0 aliphatic heterocycles. The zero-order valence-electron chi connectivity index (χ0n) is 18.9. The molecule has 0 spiro atoms. The van der Waals surface area contributed by atoms with E-state index in [0.717, 1.165) is 0 Å². The predicted octanol–water partition coefficient (Wildman–Crippen LogP) is 5.01. The molecule has 0 radical (unpaired) electrons. The van der Waals surface area contributed by atoms with Crippen LogP contribution in [0.4, 0.5) is 14.5 Å². The van der Waals surface area contributed by atoms with E-state index in [1.807, 2.05) is 6.92 Å². The normalized spacial score (nSPS) is 11.2. The number of amides is 1. The number of carbonyl (C=O) groups excluding carboxylic acids is 1. The van der Waals surface area contributed by atoms with Crippen molar-refractivity contribution in [1.82, 2.24) is 9.78 Å². The third-order valence-electron chi connectivity index (χ3n) is 5.82. The van der Waals surface area contributed by atoms with E-state index in [2.05, 4.69) is 10.4 Å². The van der Waals surface area contributed by atoms with Crippen LogP contribution in [0.1, 0.15) is 45.6 Å². The molecule has 9 heteroatoms. The van der Waals surface area contributed by atoms with Gasteiger partial charge in [-0.25, -0.2) is 8.78 Å². The fraction of sp³-hybridized carbons (Fsp3) is 0.240. The zero-order chi connectivity index (χ0) is 24.6. The number of nitrogens with zero attached hydrogens (tertiary/aromatic N) is 2. The number of carboxylic acid groups (broad SMARTS) is 1. The van der Waals surface area contributed by atoms with Crippen molar-refractivity contribution in [3.05, 3.63) is 81.9 Å². The lowest BCUT2D eigenvalue weighted by atomic mass is 10.1. The van der Waals surface area contributed by atoms with Crippen molar-refractivity contribution < 1.29 is 27.9 Å². The average Bonchev–Trinajstić information content (AvgIpc) is 3.29. The van der Waals surface area contributed by atoms with Crippen molar-refractivity contribution in [2.45, 2.75) is 40.2 Å². The molecule has 2 aromatic heterocycles. The molecule has 0 unspecified atom stereocenters. The van der Waals surface area contributed by atoms with Crippen LogP contribution in [0.25, 0.3) is 11.0 Å². The summed E-state index contributed by atoms with van der Waals surface area (Å²) < 4.78 is 36.0. The molecule has 0 aliphatic rings. The van der Waals surface area contributed by atoms with Crippen LogP contribution in [0.2, 0.25) is 0 Å². The number of carbonyl (C=O) groups is 2. The Kier molecular flexibility index (Phi) is 6.19. The van der Waals surface area contributed by atoms with Gasteiger partial charge in [-0.05, 0) is 38.5 Å². The summed E-state index contributed by atoms with van der Waals surface area (Å²) in [4.78, 5) is 23.9. The number of aliphatic carboxylic acids is 1. The first-order chi connectivity index (χ1) is 16.2. The third kappa shape index (κ3) is 4.28. The minimum atomic E-state index is -0.963. The van der Waals surface area contributed by atoms with Gasteiger partial charge in [0.25, 0.3) is 5.91 Å². The largest absolute Gasteiger partial charge is 0.481 e. The average molecular weight is 467 g/mol. The predicted molar refractivity (Wildman–Crippen MR) is 122 cm³/mol. The number of rotatable bonds is 7. The standard InChI is InChI=1S/C25H23F2N3O4/c1-4-17-18-6-5-7-20(26)23(18)34-24(17)25(33)28-16-9-8-15(21(27)10-16)12-30-14(3)19(11-22(31)32)13(2)29-30/h5-10H,4,11-12H2,1-3H3,(H,28,33)(H,31,32). The molecular weight excluding hydrogens is 444 g/mol. The molecule has 0 bridgehead atoms. The monoisotopic (exact) mass is 467 g/mol. The quantitative estimate of drug-likeness (QED) is 0.398. The maximum atomic E-state index is 14.8. The van der Waals surface area contributed by atoms with E-state index in [0.29, 0.717) is 39.9 Å². The first kappa shape index (κ1) is 23.2. The molecule has 4 rings (SSSR count). The Hall–Kier alpha value is -4.01. The van der Waals surface area contributed by atoms with Crippen LogP contribution < -0.4 is 5.32 Å². The Morgan fingerprint density at radius 1 is 1.12 bits per heavy atom. The highest BCUT2D eigenvalue weighted by Gasteiger charge is 2.22. The van der Waals surface area contributed by atoms with E-state index in [1.165, 1.54) is 18.2 Å². The molecule has 4 aromatic rings. The van der Waals surface area contributed by atoms with Gasteiger partial charge in [0.1, 0.15) is 5.82 Å². The molecule has 34 heavy (non-hydrogen) atoms. The van der Waals surface area contributed by atoms with Gasteiger partial charge in [-0.15, -0.1) is 0 Å². The number of aromatic nitrogens is 2. The maximum absolute atomic E-state index is 14.8. The zero-order valence-corrected chi connectivity index (χ0v) is 18.9. The van der Waals surface area contributed by atoms with Crippen molar-refractivity contribution in [1.29, 1.82) is 0 Å². The summed E-state index contributed by atoms with van der Waals surface area (Å²) in [6.07, 6.45) is 0.301. The fourth-order valence-corrected chi connectivity index (χ4v) is 4.07. The highest BCUT2D eigenvalue weighted by Crippen LogP contribution is 2.29. The second-order valence-corrected chi connectivity index (χ2v) is 8.02. The fourth-order valence-electron chi connectivity index (χ4n) is 4.07. The van der Waals surface area contributed by atoms with Crippen LogP contribution in [-0.2, 0) is 24.2 Å². The van der Waals surface area contributed by atoms with Gasteiger partial charge in [-0.1, -0.05) is 25.1 Å². The minimum absolute atomic E-state index is 0.0122. The summed E-state index contributed by atoms with van der Waals surface area (Å²) in [5.41, 5.74) is 2.97. The first-order valence-electron chi connectivity index (χ1n) is 10.7. The van der Waals surface area contributed by atoms with E-state index in [-0.39, 0.29) is 30.0 Å². The summed E-state index contributed by atoms with van der Waals surface area (Å²) in [6.45, 7) is 5.40. The molecule has 176 valence electrons. The Morgan fingerprint density at radius 2 is 1.88 bits per heavy atom. The highest BCUT2D eigenvalue weighted by molar-refractivity contribution is 6.06. The van der Waals surface area contributed by atoms with Gasteiger partial charge in [0.15, 0.2) is 17.2 Å². The number of para-hydroxylation sites is 1. The van der Waals surface area contributed by atoms with Gasteiger partial charge in [0.2, 0.25) is 0 Å². The van der Waals surface area contributed by atoms with Crippen LogP contribution in [0, 0.1) is 25.5 Å². The van der Waals surface area contributed by atoms with Crippen LogP contribution in [0.3, 0.4) is 0 Å². The van der Waals surface area contributed by atoms with E-state index in [9.17, 15) is 18.4 Å². The molecule has 1 amide bonds. The number of benzene rings is 2. The van der Waals surface area contributed by atoms with Crippen molar-refractivity contribution in [2.75, 3.05) is 5.32 Å². The molecule has 0 aliphatic carbocycles. The first-order valence-corrected chi connectivity index (χ1v) is 10.7. The number of hydrogen-bond acceptors (Lipinski definition) is 4. The number of anilines is 1. The van der Waals surface area contributed by atoms with Crippen molar-refractivity contribution >= 4 is 28.5 Å².